The Morgan fingerprint density at radius 2 is 2.00 bits per heavy atom. The third-order valence-electron chi connectivity index (χ3n) is 7.85. The predicted octanol–water partition coefficient (Wildman–Crippen LogP) is 2.58. The van der Waals surface area contributed by atoms with Gasteiger partial charge in [0.15, 0.2) is 0 Å². The molecule has 4 heterocycles. The van der Waals surface area contributed by atoms with Crippen molar-refractivity contribution >= 4 is 11.9 Å². The van der Waals surface area contributed by atoms with Crippen LogP contribution >= 0.6 is 0 Å². The number of anilines is 1. The summed E-state index contributed by atoms with van der Waals surface area (Å²) in [4.78, 5) is 12.3. The number of hydrazine groups is 1. The van der Waals surface area contributed by atoms with E-state index in [1.165, 1.54) is 24.8 Å². The van der Waals surface area contributed by atoms with Gasteiger partial charge in [0, 0.05) is 38.0 Å². The molecule has 2 aromatic rings. The van der Waals surface area contributed by atoms with Gasteiger partial charge >= 0.3 is 0 Å². The van der Waals surface area contributed by atoms with Gasteiger partial charge < -0.3 is 10.1 Å². The van der Waals surface area contributed by atoms with E-state index in [0.29, 0.717) is 24.9 Å². The maximum Gasteiger partial charge on any atom is 0.243 e. The zero-order chi connectivity index (χ0) is 22.9. The van der Waals surface area contributed by atoms with E-state index in [4.69, 9.17) is 4.74 Å². The molecule has 9 heteroatoms. The van der Waals surface area contributed by atoms with E-state index in [1.54, 1.807) is 0 Å². The molecular weight excluding hydrogens is 430 g/mol. The van der Waals surface area contributed by atoms with E-state index in [-0.39, 0.29) is 24.3 Å². The van der Waals surface area contributed by atoms with Crippen molar-refractivity contribution < 1.29 is 9.53 Å². The van der Waals surface area contributed by atoms with Crippen LogP contribution in [0.3, 0.4) is 0 Å². The van der Waals surface area contributed by atoms with Gasteiger partial charge in [0.25, 0.3) is 0 Å². The number of ether oxygens (including phenoxy) is 1. The largest absolute Gasteiger partial charge is 0.376 e. The second-order valence-electron chi connectivity index (χ2n) is 10.0. The van der Waals surface area contributed by atoms with Crippen LogP contribution in [0.4, 0.5) is 5.95 Å². The summed E-state index contributed by atoms with van der Waals surface area (Å²) in [7, 11) is 0. The first-order valence-corrected chi connectivity index (χ1v) is 13.0. The minimum absolute atomic E-state index is 0.0630. The van der Waals surface area contributed by atoms with Crippen molar-refractivity contribution in [2.24, 2.45) is 5.92 Å². The maximum atomic E-state index is 12.3. The fraction of sp³-hybridized carbons (Fsp3) is 0.640. The van der Waals surface area contributed by atoms with Crippen molar-refractivity contribution in [3.05, 3.63) is 41.7 Å². The number of carbonyl (C=O) groups excluding carboxylic acids is 1. The first-order valence-electron chi connectivity index (χ1n) is 13.0. The number of benzene rings is 1. The number of hydrogen-bond donors (Lipinski definition) is 3. The molecule has 3 fully saturated rings. The molecular formula is C25H35N7O2. The summed E-state index contributed by atoms with van der Waals surface area (Å²) in [5.41, 5.74) is 4.88. The van der Waals surface area contributed by atoms with Gasteiger partial charge in [-0.25, -0.2) is 5.43 Å². The summed E-state index contributed by atoms with van der Waals surface area (Å²) in [5.74, 6) is 2.51. The fourth-order valence-corrected chi connectivity index (χ4v) is 6.16. The molecule has 34 heavy (non-hydrogen) atoms. The SMILES string of the molecule is O=C(CCCc1nnc2n1C1CCCCC1C1NC(c3ccccc3)NN21)NCC1CCCO1. The Morgan fingerprint density at radius 3 is 2.85 bits per heavy atom. The summed E-state index contributed by atoms with van der Waals surface area (Å²) in [6, 6.07) is 10.9. The fourth-order valence-electron chi connectivity index (χ4n) is 6.16. The molecule has 1 aromatic carbocycles. The molecule has 2 saturated heterocycles. The minimum atomic E-state index is 0.0630. The van der Waals surface area contributed by atoms with Crippen molar-refractivity contribution in [3.63, 3.8) is 0 Å². The minimum Gasteiger partial charge on any atom is -0.376 e. The first kappa shape index (κ1) is 22.0. The molecule has 3 aliphatic heterocycles. The van der Waals surface area contributed by atoms with Crippen LogP contribution in [0, 0.1) is 5.92 Å². The van der Waals surface area contributed by atoms with E-state index < -0.39 is 0 Å². The van der Waals surface area contributed by atoms with Gasteiger partial charge in [0.05, 0.1) is 6.10 Å². The zero-order valence-electron chi connectivity index (χ0n) is 19.7. The number of rotatable bonds is 7. The lowest BCUT2D eigenvalue weighted by atomic mass is 9.81. The number of fused-ring (bicyclic) bond motifs is 6. The number of aryl methyl sites for hydroxylation is 1. The molecule has 5 unspecified atom stereocenters. The lowest BCUT2D eigenvalue weighted by molar-refractivity contribution is -0.121. The van der Waals surface area contributed by atoms with Crippen LogP contribution in [-0.2, 0) is 16.0 Å². The summed E-state index contributed by atoms with van der Waals surface area (Å²) in [6.45, 7) is 1.44. The Balaban J connectivity index is 1.14. The summed E-state index contributed by atoms with van der Waals surface area (Å²) in [5, 5.41) is 18.3. The van der Waals surface area contributed by atoms with E-state index in [0.717, 1.165) is 50.5 Å². The molecule has 1 saturated carbocycles. The van der Waals surface area contributed by atoms with Crippen LogP contribution in [0.25, 0.3) is 0 Å². The summed E-state index contributed by atoms with van der Waals surface area (Å²) < 4.78 is 7.97. The number of hydrogen-bond acceptors (Lipinski definition) is 7. The molecule has 0 bridgehead atoms. The Morgan fingerprint density at radius 1 is 1.12 bits per heavy atom. The predicted molar refractivity (Wildman–Crippen MR) is 128 cm³/mol. The highest BCUT2D eigenvalue weighted by Crippen LogP contribution is 2.45. The number of amides is 1. The molecule has 0 spiro atoms. The molecule has 1 amide bonds. The van der Waals surface area contributed by atoms with Crippen molar-refractivity contribution in [1.82, 2.24) is 30.8 Å². The van der Waals surface area contributed by atoms with Gasteiger partial charge in [-0.2, -0.15) is 0 Å². The van der Waals surface area contributed by atoms with E-state index in [1.807, 2.05) is 0 Å². The Labute approximate surface area is 200 Å². The number of nitrogens with one attached hydrogen (secondary N) is 3. The molecule has 1 aromatic heterocycles. The highest BCUT2D eigenvalue weighted by Gasteiger charge is 2.48. The molecule has 4 aliphatic rings. The topological polar surface area (TPSA) is 96.3 Å². The van der Waals surface area contributed by atoms with Crippen molar-refractivity contribution in [2.45, 2.75) is 82.3 Å². The number of carbonyl (C=O) groups is 1. The molecule has 9 nitrogen and oxygen atoms in total. The van der Waals surface area contributed by atoms with Crippen molar-refractivity contribution in [2.75, 3.05) is 18.2 Å². The van der Waals surface area contributed by atoms with Crippen LogP contribution in [0.15, 0.2) is 30.3 Å². The first-order chi connectivity index (χ1) is 16.8. The van der Waals surface area contributed by atoms with E-state index in [9.17, 15) is 4.79 Å². The number of aromatic nitrogens is 3. The van der Waals surface area contributed by atoms with E-state index >= 15 is 0 Å². The highest BCUT2D eigenvalue weighted by molar-refractivity contribution is 5.75. The molecule has 0 radical (unpaired) electrons. The van der Waals surface area contributed by atoms with Crippen LogP contribution < -0.4 is 21.1 Å². The van der Waals surface area contributed by atoms with Gasteiger partial charge in [0.2, 0.25) is 11.9 Å². The Kier molecular flexibility index (Phi) is 6.24. The zero-order valence-corrected chi connectivity index (χ0v) is 19.7. The lowest BCUT2D eigenvalue weighted by Crippen LogP contribution is -2.53. The van der Waals surface area contributed by atoms with Gasteiger partial charge in [-0.05, 0) is 37.7 Å². The monoisotopic (exact) mass is 465 g/mol. The van der Waals surface area contributed by atoms with Gasteiger partial charge in [-0.1, -0.05) is 43.2 Å². The van der Waals surface area contributed by atoms with Crippen molar-refractivity contribution in [3.8, 4) is 0 Å². The Hall–Kier alpha value is -2.49. The maximum absolute atomic E-state index is 12.3. The molecule has 5 atom stereocenters. The Bertz CT molecular complexity index is 990. The van der Waals surface area contributed by atoms with Crippen LogP contribution in [0.2, 0.25) is 0 Å². The second kappa shape index (κ2) is 9.64. The molecule has 1 aliphatic carbocycles. The molecule has 182 valence electrons. The van der Waals surface area contributed by atoms with Gasteiger partial charge in [0.1, 0.15) is 18.2 Å². The average molecular weight is 466 g/mol. The van der Waals surface area contributed by atoms with Gasteiger partial charge in [-0.3, -0.25) is 19.7 Å². The van der Waals surface area contributed by atoms with Crippen LogP contribution in [-0.4, -0.2) is 46.1 Å². The lowest BCUT2D eigenvalue weighted by Gasteiger charge is -2.44. The highest BCUT2D eigenvalue weighted by atomic mass is 16.5. The summed E-state index contributed by atoms with van der Waals surface area (Å²) >= 11 is 0. The average Bonchev–Trinajstić information content (AvgIpc) is 3.63. The second-order valence-corrected chi connectivity index (χ2v) is 10.0. The van der Waals surface area contributed by atoms with Gasteiger partial charge in [-0.15, -0.1) is 10.2 Å². The van der Waals surface area contributed by atoms with Crippen molar-refractivity contribution in [1.29, 1.82) is 0 Å². The number of nitrogens with zero attached hydrogens (tertiary/aromatic N) is 4. The quantitative estimate of drug-likeness (QED) is 0.578. The smallest absolute Gasteiger partial charge is 0.243 e. The molecule has 6 rings (SSSR count). The molecule has 3 N–H and O–H groups in total. The van der Waals surface area contributed by atoms with Crippen LogP contribution in [0.1, 0.15) is 75.0 Å². The van der Waals surface area contributed by atoms with Crippen LogP contribution in [0.5, 0.6) is 0 Å². The third kappa shape index (κ3) is 4.21. The normalized spacial score (nSPS) is 30.0. The summed E-state index contributed by atoms with van der Waals surface area (Å²) in [6.07, 6.45) is 9.50. The van der Waals surface area contributed by atoms with E-state index in [2.05, 4.69) is 66.2 Å². The standard InChI is InChI=1S/C25H35N7O2/c33-22(26-16-18-10-7-15-34-18)14-6-13-21-28-29-25-31(21)20-12-5-4-11-19(20)24-27-23(30-32(24)25)17-8-2-1-3-9-17/h1-3,8-9,18-20,23-24,27,30H,4-7,10-16H2,(H,26,33). The third-order valence-corrected chi connectivity index (χ3v) is 7.85.